The first-order chi connectivity index (χ1) is 12.8. The average molecular weight is 385 g/mol. The number of halogens is 1. The summed E-state index contributed by atoms with van der Waals surface area (Å²) in [5.74, 6) is -3.16. The fourth-order valence-corrected chi connectivity index (χ4v) is 3.15. The minimum absolute atomic E-state index is 0.252. The zero-order chi connectivity index (χ0) is 19.7. The summed E-state index contributed by atoms with van der Waals surface area (Å²) < 4.78 is 0. The van der Waals surface area contributed by atoms with Gasteiger partial charge in [-0.15, -0.1) is 0 Å². The van der Waals surface area contributed by atoms with Crippen molar-refractivity contribution < 1.29 is 19.2 Å². The Labute approximate surface area is 161 Å². The second kappa shape index (κ2) is 7.32. The van der Waals surface area contributed by atoms with Crippen molar-refractivity contribution >= 4 is 40.9 Å². The number of benzene rings is 2. The number of imide groups is 2. The Hall–Kier alpha value is -2.99. The van der Waals surface area contributed by atoms with Crippen molar-refractivity contribution in [2.75, 3.05) is 4.90 Å². The quantitative estimate of drug-likeness (QED) is 0.820. The molecule has 0 saturated carbocycles. The molecule has 1 N–H and O–H groups in total. The summed E-state index contributed by atoms with van der Waals surface area (Å²) in [5, 5.41) is 2.55. The normalized spacial score (nSPS) is 15.6. The summed E-state index contributed by atoms with van der Waals surface area (Å²) in [4.78, 5) is 51.2. The molecule has 1 heterocycles. The summed E-state index contributed by atoms with van der Waals surface area (Å²) in [6, 6.07) is 11.8. The fourth-order valence-electron chi connectivity index (χ4n) is 2.97. The van der Waals surface area contributed by atoms with Gasteiger partial charge in [0.15, 0.2) is 5.78 Å². The highest BCUT2D eigenvalue weighted by Crippen LogP contribution is 2.40. The summed E-state index contributed by atoms with van der Waals surface area (Å²) in [6.45, 7) is 3.36. The Morgan fingerprint density at radius 1 is 1.07 bits per heavy atom. The minimum atomic E-state index is -1.11. The molecule has 0 aromatic heterocycles. The number of rotatable bonds is 3. The molecule has 0 saturated heterocycles. The molecule has 1 unspecified atom stereocenters. The number of anilines is 1. The Morgan fingerprint density at radius 3 is 2.37 bits per heavy atom. The van der Waals surface area contributed by atoms with Crippen LogP contribution in [0, 0.1) is 5.92 Å². The smallest absolute Gasteiger partial charge is 0.298 e. The standard InChI is InChI=1S/C20H17ClN2O4/c1-11(2)17(24)16-14-10-13(21)8-9-15(14)23(19(16)26)20(27)22-18(25)12-6-4-3-5-7-12/h3-11,16H,1-2H3,(H,22,25,27). The molecule has 0 radical (unpaired) electrons. The number of nitrogens with one attached hydrogen (secondary N) is 1. The lowest BCUT2D eigenvalue weighted by molar-refractivity contribution is -0.129. The van der Waals surface area contributed by atoms with Crippen LogP contribution in [0.3, 0.4) is 0 Å². The van der Waals surface area contributed by atoms with Crippen LogP contribution in [0.1, 0.15) is 35.7 Å². The van der Waals surface area contributed by atoms with E-state index in [1.165, 1.54) is 18.2 Å². The van der Waals surface area contributed by atoms with Crippen LogP contribution in [0.4, 0.5) is 10.5 Å². The lowest BCUT2D eigenvalue weighted by Crippen LogP contribution is -2.46. The van der Waals surface area contributed by atoms with Gasteiger partial charge >= 0.3 is 6.03 Å². The van der Waals surface area contributed by atoms with E-state index >= 15 is 0 Å². The Bertz CT molecular complexity index is 940. The van der Waals surface area contributed by atoms with Gasteiger partial charge in [-0.05, 0) is 35.9 Å². The highest BCUT2D eigenvalue weighted by molar-refractivity contribution is 6.33. The molecule has 1 atom stereocenters. The summed E-state index contributed by atoms with van der Waals surface area (Å²) in [5.41, 5.74) is 0.902. The minimum Gasteiger partial charge on any atom is -0.298 e. The molecule has 2 aromatic rings. The van der Waals surface area contributed by atoms with Crippen LogP contribution in [0.15, 0.2) is 48.5 Å². The maximum atomic E-state index is 12.9. The SMILES string of the molecule is CC(C)C(=O)C1C(=O)N(C(=O)NC(=O)c2ccccc2)c2ccc(Cl)cc21. The molecule has 4 amide bonds. The molecule has 6 nitrogen and oxygen atoms in total. The van der Waals surface area contributed by atoms with E-state index in [1.54, 1.807) is 44.2 Å². The number of carbonyl (C=O) groups excluding carboxylic acids is 4. The van der Waals surface area contributed by atoms with E-state index in [0.717, 1.165) is 4.90 Å². The van der Waals surface area contributed by atoms with Gasteiger partial charge in [0.2, 0.25) is 5.91 Å². The van der Waals surface area contributed by atoms with E-state index in [2.05, 4.69) is 5.32 Å². The van der Waals surface area contributed by atoms with E-state index in [4.69, 9.17) is 11.6 Å². The Balaban J connectivity index is 1.94. The van der Waals surface area contributed by atoms with Crippen LogP contribution < -0.4 is 10.2 Å². The third-order valence-electron chi connectivity index (χ3n) is 4.32. The Kier molecular flexibility index (Phi) is 5.10. The van der Waals surface area contributed by atoms with Crippen LogP contribution in [0.2, 0.25) is 5.02 Å². The molecule has 27 heavy (non-hydrogen) atoms. The van der Waals surface area contributed by atoms with Crippen molar-refractivity contribution in [3.05, 3.63) is 64.7 Å². The second-order valence-electron chi connectivity index (χ2n) is 6.49. The number of hydrogen-bond acceptors (Lipinski definition) is 4. The van der Waals surface area contributed by atoms with Gasteiger partial charge in [-0.2, -0.15) is 0 Å². The molecule has 0 spiro atoms. The molecule has 7 heteroatoms. The van der Waals surface area contributed by atoms with E-state index in [0.29, 0.717) is 10.6 Å². The predicted molar refractivity (Wildman–Crippen MR) is 101 cm³/mol. The number of amides is 4. The number of urea groups is 1. The number of nitrogens with zero attached hydrogens (tertiary/aromatic N) is 1. The monoisotopic (exact) mass is 384 g/mol. The maximum Gasteiger partial charge on any atom is 0.335 e. The van der Waals surface area contributed by atoms with Crippen LogP contribution in [0.5, 0.6) is 0 Å². The number of Topliss-reactive ketones (excluding diaryl/α,β-unsaturated/α-hetero) is 1. The lowest BCUT2D eigenvalue weighted by Gasteiger charge is -2.16. The first kappa shape index (κ1) is 18.8. The van der Waals surface area contributed by atoms with E-state index in [1.807, 2.05) is 0 Å². The molecular formula is C20H17ClN2O4. The molecule has 0 fully saturated rings. The van der Waals surface area contributed by atoms with Crippen molar-refractivity contribution in [2.24, 2.45) is 5.92 Å². The molecular weight excluding hydrogens is 368 g/mol. The van der Waals surface area contributed by atoms with Gasteiger partial charge in [-0.3, -0.25) is 19.7 Å². The van der Waals surface area contributed by atoms with Gasteiger partial charge in [0.05, 0.1) is 5.69 Å². The van der Waals surface area contributed by atoms with Gasteiger partial charge in [0.25, 0.3) is 5.91 Å². The third-order valence-corrected chi connectivity index (χ3v) is 4.56. The zero-order valence-corrected chi connectivity index (χ0v) is 15.5. The number of ketones is 1. The van der Waals surface area contributed by atoms with E-state index in [-0.39, 0.29) is 17.0 Å². The highest BCUT2D eigenvalue weighted by Gasteiger charge is 2.45. The molecule has 2 aromatic carbocycles. The van der Waals surface area contributed by atoms with Gasteiger partial charge < -0.3 is 0 Å². The zero-order valence-electron chi connectivity index (χ0n) is 14.7. The lowest BCUT2D eigenvalue weighted by atomic mass is 9.90. The Morgan fingerprint density at radius 2 is 1.74 bits per heavy atom. The molecule has 1 aliphatic rings. The number of hydrogen-bond donors (Lipinski definition) is 1. The fraction of sp³-hybridized carbons (Fsp3) is 0.200. The van der Waals surface area contributed by atoms with Gasteiger partial charge in [0.1, 0.15) is 5.92 Å². The summed E-state index contributed by atoms with van der Waals surface area (Å²) in [7, 11) is 0. The summed E-state index contributed by atoms with van der Waals surface area (Å²) >= 11 is 6.02. The molecule has 3 rings (SSSR count). The highest BCUT2D eigenvalue weighted by atomic mass is 35.5. The van der Waals surface area contributed by atoms with Gasteiger partial charge in [0, 0.05) is 16.5 Å². The van der Waals surface area contributed by atoms with Gasteiger partial charge in [-0.1, -0.05) is 43.6 Å². The van der Waals surface area contributed by atoms with Crippen molar-refractivity contribution in [3.8, 4) is 0 Å². The largest absolute Gasteiger partial charge is 0.335 e. The van der Waals surface area contributed by atoms with Crippen molar-refractivity contribution in [1.29, 1.82) is 0 Å². The topological polar surface area (TPSA) is 83.6 Å². The van der Waals surface area contributed by atoms with Gasteiger partial charge in [-0.25, -0.2) is 9.69 Å². The van der Waals surface area contributed by atoms with Crippen molar-refractivity contribution in [3.63, 3.8) is 0 Å². The summed E-state index contributed by atoms with van der Waals surface area (Å²) in [6.07, 6.45) is 0. The molecule has 0 bridgehead atoms. The van der Waals surface area contributed by atoms with E-state index < -0.39 is 29.7 Å². The first-order valence-corrected chi connectivity index (χ1v) is 8.76. The van der Waals surface area contributed by atoms with Crippen LogP contribution in [0.25, 0.3) is 0 Å². The van der Waals surface area contributed by atoms with Crippen LogP contribution in [-0.2, 0) is 9.59 Å². The average Bonchev–Trinajstić information content (AvgIpc) is 2.92. The molecule has 0 aliphatic carbocycles. The number of carbonyl (C=O) groups is 4. The molecule has 1 aliphatic heterocycles. The second-order valence-corrected chi connectivity index (χ2v) is 6.93. The third kappa shape index (κ3) is 3.48. The van der Waals surface area contributed by atoms with E-state index in [9.17, 15) is 19.2 Å². The van der Waals surface area contributed by atoms with Crippen molar-refractivity contribution in [2.45, 2.75) is 19.8 Å². The van der Waals surface area contributed by atoms with Crippen molar-refractivity contribution in [1.82, 2.24) is 5.32 Å². The number of fused-ring (bicyclic) bond motifs is 1. The predicted octanol–water partition coefficient (Wildman–Crippen LogP) is 3.55. The maximum absolute atomic E-state index is 12.9. The molecule has 138 valence electrons. The van der Waals surface area contributed by atoms with Crippen LogP contribution in [-0.4, -0.2) is 23.6 Å². The van der Waals surface area contributed by atoms with Crippen LogP contribution >= 0.6 is 11.6 Å². The first-order valence-electron chi connectivity index (χ1n) is 8.38.